The van der Waals surface area contributed by atoms with E-state index in [1.54, 1.807) is 5.57 Å². The maximum Gasteiger partial charge on any atom is 0.0621 e. The van der Waals surface area contributed by atoms with Crippen molar-refractivity contribution in [3.05, 3.63) is 11.6 Å². The van der Waals surface area contributed by atoms with Crippen molar-refractivity contribution >= 4 is 0 Å². The van der Waals surface area contributed by atoms with Crippen LogP contribution in [0.1, 0.15) is 46.0 Å². The fraction of sp³-hybridized carbons (Fsp3) is 0.846. The third-order valence-corrected chi connectivity index (χ3v) is 4.19. The summed E-state index contributed by atoms with van der Waals surface area (Å²) in [6.45, 7) is 5.37. The summed E-state index contributed by atoms with van der Waals surface area (Å²) in [5, 5.41) is 13.2. The summed E-state index contributed by atoms with van der Waals surface area (Å²) in [5.74, 6) is 0. The Balaban J connectivity index is 1.66. The maximum absolute atomic E-state index is 9.61. The van der Waals surface area contributed by atoms with Crippen molar-refractivity contribution in [2.45, 2.75) is 58.1 Å². The first kappa shape index (κ1) is 11.2. The minimum atomic E-state index is -0.110. The van der Waals surface area contributed by atoms with E-state index in [1.165, 1.54) is 25.7 Å². The predicted molar refractivity (Wildman–Crippen MR) is 62.7 cm³/mol. The molecule has 0 aromatic rings. The number of nitrogens with one attached hydrogen (secondary N) is 1. The van der Waals surface area contributed by atoms with Crippen molar-refractivity contribution in [1.82, 2.24) is 5.32 Å². The minimum Gasteiger partial charge on any atom is -0.392 e. The molecule has 2 rings (SSSR count). The second kappa shape index (κ2) is 4.26. The average Bonchev–Trinajstić information content (AvgIpc) is 2.69. The van der Waals surface area contributed by atoms with Crippen LogP contribution in [0.4, 0.5) is 0 Å². The van der Waals surface area contributed by atoms with E-state index >= 15 is 0 Å². The molecule has 15 heavy (non-hydrogen) atoms. The Morgan fingerprint density at radius 1 is 1.53 bits per heavy atom. The lowest BCUT2D eigenvalue weighted by molar-refractivity contribution is -0.0720. The first-order chi connectivity index (χ1) is 7.10. The van der Waals surface area contributed by atoms with Crippen LogP contribution in [-0.2, 0) is 0 Å². The summed E-state index contributed by atoms with van der Waals surface area (Å²) in [6.07, 6.45) is 8.34. The third kappa shape index (κ3) is 2.26. The molecule has 0 aliphatic heterocycles. The first-order valence-electron chi connectivity index (χ1n) is 6.20. The zero-order valence-electron chi connectivity index (χ0n) is 9.92. The predicted octanol–water partition coefficient (Wildman–Crippen LogP) is 2.24. The molecule has 2 aliphatic carbocycles. The van der Waals surface area contributed by atoms with Crippen LogP contribution in [0.15, 0.2) is 11.6 Å². The Morgan fingerprint density at radius 2 is 2.33 bits per heavy atom. The molecule has 86 valence electrons. The molecule has 2 heteroatoms. The van der Waals surface area contributed by atoms with Crippen molar-refractivity contribution in [2.75, 3.05) is 6.54 Å². The van der Waals surface area contributed by atoms with Gasteiger partial charge in [-0.3, -0.25) is 0 Å². The molecular formula is C13H23NO. The highest BCUT2D eigenvalue weighted by atomic mass is 16.3. The van der Waals surface area contributed by atoms with Gasteiger partial charge in [0, 0.05) is 11.5 Å². The molecule has 2 nitrogen and oxygen atoms in total. The maximum atomic E-state index is 9.61. The number of aliphatic hydroxyl groups excluding tert-OH is 1. The second-order valence-corrected chi connectivity index (χ2v) is 5.58. The van der Waals surface area contributed by atoms with Crippen molar-refractivity contribution in [1.29, 1.82) is 0 Å². The van der Waals surface area contributed by atoms with E-state index in [4.69, 9.17) is 0 Å². The van der Waals surface area contributed by atoms with E-state index in [9.17, 15) is 5.11 Å². The molecule has 2 atom stereocenters. The van der Waals surface area contributed by atoms with E-state index in [2.05, 4.69) is 25.2 Å². The van der Waals surface area contributed by atoms with E-state index in [-0.39, 0.29) is 11.5 Å². The van der Waals surface area contributed by atoms with Gasteiger partial charge in [-0.15, -0.1) is 0 Å². The van der Waals surface area contributed by atoms with Crippen LogP contribution in [0.25, 0.3) is 0 Å². The molecule has 0 aromatic heterocycles. The Hall–Kier alpha value is -0.340. The fourth-order valence-electron chi connectivity index (χ4n) is 2.62. The van der Waals surface area contributed by atoms with E-state index in [0.717, 1.165) is 13.0 Å². The molecule has 0 spiro atoms. The van der Waals surface area contributed by atoms with Crippen molar-refractivity contribution in [3.8, 4) is 0 Å². The number of hydrogen-bond donors (Lipinski definition) is 2. The summed E-state index contributed by atoms with van der Waals surface area (Å²) in [4.78, 5) is 0. The molecule has 1 saturated carbocycles. The molecule has 0 bridgehead atoms. The van der Waals surface area contributed by atoms with Gasteiger partial charge in [0.1, 0.15) is 0 Å². The van der Waals surface area contributed by atoms with Crippen molar-refractivity contribution < 1.29 is 5.11 Å². The Bertz CT molecular complexity index is 257. The normalized spacial score (nSPS) is 33.7. The molecule has 1 fully saturated rings. The number of allylic oxidation sites excluding steroid dienone is 1. The number of hydrogen-bond acceptors (Lipinski definition) is 2. The molecule has 2 unspecified atom stereocenters. The van der Waals surface area contributed by atoms with E-state index in [0.29, 0.717) is 6.04 Å². The van der Waals surface area contributed by atoms with Crippen LogP contribution in [0.5, 0.6) is 0 Å². The first-order valence-corrected chi connectivity index (χ1v) is 6.20. The van der Waals surface area contributed by atoms with Gasteiger partial charge in [0.2, 0.25) is 0 Å². The SMILES string of the molecule is CC1(C)C(O)CC1NCCC1=CCCC1. The van der Waals surface area contributed by atoms with Crippen LogP contribution in [0.2, 0.25) is 0 Å². The van der Waals surface area contributed by atoms with Crippen molar-refractivity contribution in [2.24, 2.45) is 5.41 Å². The van der Waals surface area contributed by atoms with Gasteiger partial charge in [0.25, 0.3) is 0 Å². The zero-order valence-corrected chi connectivity index (χ0v) is 9.92. The van der Waals surface area contributed by atoms with Gasteiger partial charge in [0.05, 0.1) is 6.10 Å². The van der Waals surface area contributed by atoms with Crippen LogP contribution in [0, 0.1) is 5.41 Å². The number of aliphatic hydroxyl groups is 1. The molecule has 0 amide bonds. The smallest absolute Gasteiger partial charge is 0.0621 e. The van der Waals surface area contributed by atoms with Crippen LogP contribution >= 0.6 is 0 Å². The third-order valence-electron chi connectivity index (χ3n) is 4.19. The monoisotopic (exact) mass is 209 g/mol. The standard InChI is InChI=1S/C13H23NO/c1-13(2)11(9-12(13)15)14-8-7-10-5-3-4-6-10/h5,11-12,14-15H,3-4,6-9H2,1-2H3. The fourth-order valence-corrected chi connectivity index (χ4v) is 2.62. The lowest BCUT2D eigenvalue weighted by atomic mass is 9.64. The lowest BCUT2D eigenvalue weighted by Crippen LogP contribution is -2.60. The molecule has 2 aliphatic rings. The highest BCUT2D eigenvalue weighted by Crippen LogP contribution is 2.40. The summed E-state index contributed by atoms with van der Waals surface area (Å²) in [6, 6.07) is 0.509. The zero-order chi connectivity index (χ0) is 10.9. The largest absolute Gasteiger partial charge is 0.392 e. The van der Waals surface area contributed by atoms with Gasteiger partial charge in [0.15, 0.2) is 0 Å². The Labute approximate surface area is 92.8 Å². The van der Waals surface area contributed by atoms with Gasteiger partial charge < -0.3 is 10.4 Å². The molecular weight excluding hydrogens is 186 g/mol. The second-order valence-electron chi connectivity index (χ2n) is 5.58. The van der Waals surface area contributed by atoms with E-state index in [1.807, 2.05) is 0 Å². The molecule has 0 aromatic carbocycles. The van der Waals surface area contributed by atoms with Gasteiger partial charge in [-0.05, 0) is 38.6 Å². The van der Waals surface area contributed by atoms with E-state index < -0.39 is 0 Å². The Kier molecular flexibility index (Phi) is 3.17. The summed E-state index contributed by atoms with van der Waals surface area (Å²) in [7, 11) is 0. The lowest BCUT2D eigenvalue weighted by Gasteiger charge is -2.49. The van der Waals surface area contributed by atoms with Gasteiger partial charge in [-0.2, -0.15) is 0 Å². The highest BCUT2D eigenvalue weighted by molar-refractivity contribution is 5.08. The van der Waals surface area contributed by atoms with Crippen LogP contribution < -0.4 is 5.32 Å². The topological polar surface area (TPSA) is 32.3 Å². The van der Waals surface area contributed by atoms with Gasteiger partial charge in [-0.25, -0.2) is 0 Å². The van der Waals surface area contributed by atoms with Gasteiger partial charge in [-0.1, -0.05) is 25.5 Å². The van der Waals surface area contributed by atoms with Crippen LogP contribution in [0.3, 0.4) is 0 Å². The number of rotatable bonds is 4. The summed E-state index contributed by atoms with van der Waals surface area (Å²) < 4.78 is 0. The molecule has 2 N–H and O–H groups in total. The van der Waals surface area contributed by atoms with Crippen LogP contribution in [-0.4, -0.2) is 23.8 Å². The average molecular weight is 209 g/mol. The molecule has 0 heterocycles. The van der Waals surface area contributed by atoms with Gasteiger partial charge >= 0.3 is 0 Å². The summed E-state index contributed by atoms with van der Waals surface area (Å²) in [5.41, 5.74) is 1.70. The molecule has 0 saturated heterocycles. The quantitative estimate of drug-likeness (QED) is 0.696. The Morgan fingerprint density at radius 3 is 2.87 bits per heavy atom. The molecule has 0 radical (unpaired) electrons. The van der Waals surface area contributed by atoms with Crippen molar-refractivity contribution in [3.63, 3.8) is 0 Å². The highest BCUT2D eigenvalue weighted by Gasteiger charge is 2.46. The summed E-state index contributed by atoms with van der Waals surface area (Å²) >= 11 is 0. The minimum absolute atomic E-state index is 0.0735.